The van der Waals surface area contributed by atoms with Gasteiger partial charge in [0.05, 0.1) is 5.56 Å². The Morgan fingerprint density at radius 1 is 0.825 bits per heavy atom. The van der Waals surface area contributed by atoms with E-state index in [2.05, 4.69) is 73.5 Å². The van der Waals surface area contributed by atoms with Crippen molar-refractivity contribution in [1.29, 1.82) is 0 Å². The van der Waals surface area contributed by atoms with E-state index in [4.69, 9.17) is 9.47 Å². The maximum absolute atomic E-state index is 13.1. The molecule has 0 amide bonds. The number of ether oxygens (including phenoxy) is 2. The van der Waals surface area contributed by atoms with Crippen molar-refractivity contribution in [3.63, 3.8) is 0 Å². The summed E-state index contributed by atoms with van der Waals surface area (Å²) < 4.78 is 12.8. The monoisotopic (exact) mass is 532 g/mol. The van der Waals surface area contributed by atoms with Gasteiger partial charge in [0.15, 0.2) is 5.60 Å². The smallest absolute Gasteiger partial charge is 0.340 e. The highest BCUT2D eigenvalue weighted by Crippen LogP contribution is 2.56. The Hall–Kier alpha value is -4.25. The second kappa shape index (κ2) is 10.7. The first kappa shape index (κ1) is 26.0. The van der Waals surface area contributed by atoms with Gasteiger partial charge in [-0.1, -0.05) is 81.8 Å². The summed E-state index contributed by atoms with van der Waals surface area (Å²) in [4.78, 5) is 15.6. The Bertz CT molecular complexity index is 1520. The fourth-order valence-electron chi connectivity index (χ4n) is 5.89. The molecule has 2 aliphatic rings. The number of fused-ring (bicyclic) bond motifs is 6. The molecule has 2 unspecified atom stereocenters. The summed E-state index contributed by atoms with van der Waals surface area (Å²) in [5.74, 6) is 1.56. The normalized spacial score (nSPS) is 17.4. The van der Waals surface area contributed by atoms with Crippen molar-refractivity contribution in [1.82, 2.24) is 0 Å². The number of para-hydroxylation sites is 2. The number of carbonyl (C=O) groups excluding carboxylic acids is 1. The molecule has 0 aromatic heterocycles. The molecule has 0 saturated heterocycles. The third kappa shape index (κ3) is 4.49. The molecule has 5 nitrogen and oxygen atoms in total. The number of anilines is 2. The van der Waals surface area contributed by atoms with E-state index in [1.165, 1.54) is 0 Å². The van der Waals surface area contributed by atoms with Crippen LogP contribution in [0.25, 0.3) is 0 Å². The Morgan fingerprint density at radius 2 is 1.52 bits per heavy atom. The first-order valence-corrected chi connectivity index (χ1v) is 14.3. The zero-order valence-electron chi connectivity index (χ0n) is 23.4. The van der Waals surface area contributed by atoms with Gasteiger partial charge in [-0.3, -0.25) is 0 Å². The minimum absolute atomic E-state index is 0.255. The van der Waals surface area contributed by atoms with Crippen LogP contribution in [-0.2, 0) is 10.3 Å². The predicted molar refractivity (Wildman–Crippen MR) is 161 cm³/mol. The van der Waals surface area contributed by atoms with Gasteiger partial charge in [-0.15, -0.1) is 0 Å². The number of rotatable bonds is 9. The van der Waals surface area contributed by atoms with Gasteiger partial charge in [-0.25, -0.2) is 4.79 Å². The van der Waals surface area contributed by atoms with Crippen LogP contribution in [0.1, 0.15) is 60.7 Å². The number of unbranched alkanes of at least 4 members (excludes halogenated alkanes) is 1. The van der Waals surface area contributed by atoms with Gasteiger partial charge < -0.3 is 19.7 Å². The minimum atomic E-state index is -1.03. The van der Waals surface area contributed by atoms with Gasteiger partial charge in [0.25, 0.3) is 0 Å². The van der Waals surface area contributed by atoms with E-state index in [1.807, 2.05) is 54.6 Å². The molecule has 0 aliphatic carbocycles. The van der Waals surface area contributed by atoms with Gasteiger partial charge in [0, 0.05) is 53.3 Å². The van der Waals surface area contributed by atoms with E-state index in [0.717, 1.165) is 59.7 Å². The second-order valence-electron chi connectivity index (χ2n) is 11.1. The molecule has 40 heavy (non-hydrogen) atoms. The average Bonchev–Trinajstić information content (AvgIpc) is 3.27. The Labute approximate surface area is 236 Å². The van der Waals surface area contributed by atoms with Crippen LogP contribution in [0.15, 0.2) is 97.1 Å². The van der Waals surface area contributed by atoms with E-state index in [1.54, 1.807) is 0 Å². The molecule has 1 spiro atoms. The zero-order valence-corrected chi connectivity index (χ0v) is 23.4. The number of nitrogens with zero attached hydrogens (tertiary/aromatic N) is 1. The zero-order chi connectivity index (χ0) is 27.7. The van der Waals surface area contributed by atoms with E-state index >= 15 is 0 Å². The maximum atomic E-state index is 13.1. The SMILES string of the molecule is CCCCN(CC(Nc1ccccc1)C(C)C)c1ccc2c(c1)Oc1ccccc1C21OC(=O)c2ccccc21. The molecule has 2 atom stereocenters. The molecule has 204 valence electrons. The van der Waals surface area contributed by atoms with Gasteiger partial charge in [0.1, 0.15) is 11.5 Å². The van der Waals surface area contributed by atoms with Crippen molar-refractivity contribution in [2.45, 2.75) is 45.3 Å². The molecule has 0 saturated carbocycles. The van der Waals surface area contributed by atoms with Crippen LogP contribution in [0.3, 0.4) is 0 Å². The fourth-order valence-corrected chi connectivity index (χ4v) is 5.89. The Morgan fingerprint density at radius 3 is 2.30 bits per heavy atom. The fraction of sp³-hybridized carbons (Fsp3) is 0.286. The summed E-state index contributed by atoms with van der Waals surface area (Å²) in [5.41, 5.74) is 4.37. The van der Waals surface area contributed by atoms with Crippen molar-refractivity contribution >= 4 is 17.3 Å². The van der Waals surface area contributed by atoms with Crippen LogP contribution in [0.4, 0.5) is 11.4 Å². The number of hydrogen-bond donors (Lipinski definition) is 1. The van der Waals surface area contributed by atoms with Crippen LogP contribution < -0.4 is 15.0 Å². The molecule has 2 heterocycles. The topological polar surface area (TPSA) is 50.8 Å². The molecule has 4 aromatic rings. The van der Waals surface area contributed by atoms with E-state index in [0.29, 0.717) is 17.2 Å². The molecule has 6 rings (SSSR count). The van der Waals surface area contributed by atoms with Crippen molar-refractivity contribution in [2.24, 2.45) is 5.92 Å². The lowest BCUT2D eigenvalue weighted by Gasteiger charge is -2.38. The summed E-state index contributed by atoms with van der Waals surface area (Å²) in [7, 11) is 0. The maximum Gasteiger partial charge on any atom is 0.340 e. The van der Waals surface area contributed by atoms with Crippen molar-refractivity contribution in [3.8, 4) is 11.5 Å². The highest BCUT2D eigenvalue weighted by Gasteiger charge is 2.53. The summed E-state index contributed by atoms with van der Waals surface area (Å²) in [6.45, 7) is 8.55. The third-order valence-corrected chi connectivity index (χ3v) is 8.10. The minimum Gasteiger partial charge on any atom is -0.456 e. The van der Waals surface area contributed by atoms with E-state index < -0.39 is 5.60 Å². The van der Waals surface area contributed by atoms with Crippen LogP contribution in [0.5, 0.6) is 11.5 Å². The van der Waals surface area contributed by atoms with Gasteiger partial charge >= 0.3 is 5.97 Å². The molecular weight excluding hydrogens is 496 g/mol. The van der Waals surface area contributed by atoms with Crippen LogP contribution in [0.2, 0.25) is 0 Å². The lowest BCUT2D eigenvalue weighted by Crippen LogP contribution is -2.40. The number of esters is 1. The standard InChI is InChI=1S/C35H36N2O3/c1-4-5-21-37(23-31(24(2)3)36-25-13-7-6-8-14-25)26-19-20-30-33(22-26)39-32-18-12-11-17-29(32)35(30)28-16-10-9-15-27(28)34(38)40-35/h6-20,22,24,31,36H,4-5,21,23H2,1-3H3. The molecule has 0 bridgehead atoms. The largest absolute Gasteiger partial charge is 0.456 e. The van der Waals surface area contributed by atoms with E-state index in [9.17, 15) is 4.79 Å². The number of benzene rings is 4. The van der Waals surface area contributed by atoms with Crippen LogP contribution in [-0.4, -0.2) is 25.1 Å². The number of hydrogen-bond acceptors (Lipinski definition) is 5. The Balaban J connectivity index is 1.40. The van der Waals surface area contributed by atoms with E-state index in [-0.39, 0.29) is 12.0 Å². The van der Waals surface area contributed by atoms with Gasteiger partial charge in [-0.05, 0) is 48.7 Å². The van der Waals surface area contributed by atoms with Gasteiger partial charge in [-0.2, -0.15) is 0 Å². The molecular formula is C35H36N2O3. The molecule has 1 N–H and O–H groups in total. The lowest BCUT2D eigenvalue weighted by molar-refractivity contribution is 0.0224. The van der Waals surface area contributed by atoms with Crippen LogP contribution in [0, 0.1) is 5.92 Å². The average molecular weight is 533 g/mol. The summed E-state index contributed by atoms with van der Waals surface area (Å²) in [5, 5.41) is 3.76. The predicted octanol–water partition coefficient (Wildman–Crippen LogP) is 8.00. The molecule has 2 aliphatic heterocycles. The molecule has 0 radical (unpaired) electrons. The van der Waals surface area contributed by atoms with Crippen molar-refractivity contribution in [3.05, 3.63) is 119 Å². The number of nitrogens with one attached hydrogen (secondary N) is 1. The third-order valence-electron chi connectivity index (χ3n) is 8.10. The lowest BCUT2D eigenvalue weighted by atomic mass is 9.77. The summed E-state index contributed by atoms with van der Waals surface area (Å²) >= 11 is 0. The molecule has 5 heteroatoms. The molecule has 4 aromatic carbocycles. The Kier molecular flexibility index (Phi) is 6.97. The first-order valence-electron chi connectivity index (χ1n) is 14.3. The first-order chi connectivity index (χ1) is 19.5. The highest BCUT2D eigenvalue weighted by atomic mass is 16.6. The second-order valence-corrected chi connectivity index (χ2v) is 11.1. The summed E-state index contributed by atoms with van der Waals surface area (Å²) in [6.07, 6.45) is 2.20. The quantitative estimate of drug-likeness (QED) is 0.221. The van der Waals surface area contributed by atoms with Gasteiger partial charge in [0.2, 0.25) is 0 Å². The highest BCUT2D eigenvalue weighted by molar-refractivity contribution is 5.97. The van der Waals surface area contributed by atoms with Crippen LogP contribution >= 0.6 is 0 Å². The molecule has 0 fully saturated rings. The van der Waals surface area contributed by atoms with Crippen molar-refractivity contribution < 1.29 is 14.3 Å². The van der Waals surface area contributed by atoms with Crippen molar-refractivity contribution in [2.75, 3.05) is 23.3 Å². The number of carbonyl (C=O) groups is 1. The summed E-state index contributed by atoms with van der Waals surface area (Å²) in [6, 6.07) is 32.6.